The normalized spacial score (nSPS) is 18.8. The molecule has 0 radical (unpaired) electrons. The Labute approximate surface area is 120 Å². The second-order valence-electron chi connectivity index (χ2n) is 5.89. The van der Waals surface area contributed by atoms with E-state index >= 15 is 0 Å². The summed E-state index contributed by atoms with van der Waals surface area (Å²) in [4.78, 5) is 27.4. The van der Waals surface area contributed by atoms with Crippen molar-refractivity contribution < 1.29 is 9.59 Å². The molecular weight excluding hydrogens is 252 g/mol. The molecule has 1 aliphatic rings. The minimum absolute atomic E-state index is 0.0286. The van der Waals surface area contributed by atoms with Crippen molar-refractivity contribution in [1.29, 1.82) is 0 Å². The maximum Gasteiger partial charge on any atom is 0.227 e. The lowest BCUT2D eigenvalue weighted by atomic mass is 10.0. The highest BCUT2D eigenvalue weighted by molar-refractivity contribution is 6.00. The van der Waals surface area contributed by atoms with Crippen LogP contribution in [0.25, 0.3) is 0 Å². The van der Waals surface area contributed by atoms with Gasteiger partial charge in [0.15, 0.2) is 0 Å². The lowest BCUT2D eigenvalue weighted by Crippen LogP contribution is -2.32. The maximum atomic E-state index is 12.1. The Kier molecular flexibility index (Phi) is 4.12. The number of hydrogen-bond donors (Lipinski definition) is 0. The van der Waals surface area contributed by atoms with Crippen LogP contribution in [0.2, 0.25) is 0 Å². The van der Waals surface area contributed by atoms with E-state index in [0.717, 1.165) is 5.69 Å². The van der Waals surface area contributed by atoms with Crippen LogP contribution in [0.15, 0.2) is 24.3 Å². The molecule has 108 valence electrons. The molecule has 1 aliphatic heterocycles. The SMILES string of the molecule is CC(C)c1cccc(N2CC(C(=O)N(C)C)CC2=O)c1. The monoisotopic (exact) mass is 274 g/mol. The Morgan fingerprint density at radius 2 is 2.05 bits per heavy atom. The first kappa shape index (κ1) is 14.6. The van der Waals surface area contributed by atoms with Crippen LogP contribution in [0.4, 0.5) is 5.69 Å². The van der Waals surface area contributed by atoms with Crippen LogP contribution in [-0.4, -0.2) is 37.4 Å². The van der Waals surface area contributed by atoms with Crippen molar-refractivity contribution in [3.8, 4) is 0 Å². The third-order valence-corrected chi connectivity index (χ3v) is 3.76. The molecule has 0 bridgehead atoms. The van der Waals surface area contributed by atoms with Gasteiger partial charge in [-0.05, 0) is 23.6 Å². The third-order valence-electron chi connectivity index (χ3n) is 3.76. The molecule has 1 aromatic rings. The van der Waals surface area contributed by atoms with E-state index in [2.05, 4.69) is 19.9 Å². The first-order valence-electron chi connectivity index (χ1n) is 7.01. The van der Waals surface area contributed by atoms with Gasteiger partial charge in [0.25, 0.3) is 0 Å². The van der Waals surface area contributed by atoms with Gasteiger partial charge < -0.3 is 9.80 Å². The van der Waals surface area contributed by atoms with Gasteiger partial charge in [-0.3, -0.25) is 9.59 Å². The van der Waals surface area contributed by atoms with Crippen LogP contribution in [0, 0.1) is 5.92 Å². The number of amides is 2. The molecule has 20 heavy (non-hydrogen) atoms. The van der Waals surface area contributed by atoms with Crippen molar-refractivity contribution in [3.05, 3.63) is 29.8 Å². The topological polar surface area (TPSA) is 40.6 Å². The van der Waals surface area contributed by atoms with Gasteiger partial charge in [-0.2, -0.15) is 0 Å². The van der Waals surface area contributed by atoms with Crippen LogP contribution in [0.3, 0.4) is 0 Å². The summed E-state index contributed by atoms with van der Waals surface area (Å²) in [7, 11) is 3.46. The molecule has 0 N–H and O–H groups in total. The molecule has 0 aliphatic carbocycles. The highest BCUT2D eigenvalue weighted by Crippen LogP contribution is 2.28. The Balaban J connectivity index is 2.20. The summed E-state index contributed by atoms with van der Waals surface area (Å²) in [5.41, 5.74) is 2.10. The van der Waals surface area contributed by atoms with Gasteiger partial charge in [-0.25, -0.2) is 0 Å². The Hall–Kier alpha value is -1.84. The van der Waals surface area contributed by atoms with Gasteiger partial charge in [0.1, 0.15) is 0 Å². The molecule has 2 rings (SSSR count). The van der Waals surface area contributed by atoms with E-state index in [1.807, 2.05) is 18.2 Å². The number of nitrogens with zero attached hydrogens (tertiary/aromatic N) is 2. The van der Waals surface area contributed by atoms with Crippen LogP contribution in [-0.2, 0) is 9.59 Å². The van der Waals surface area contributed by atoms with Gasteiger partial charge in [0.2, 0.25) is 11.8 Å². The van der Waals surface area contributed by atoms with E-state index in [1.165, 1.54) is 5.56 Å². The van der Waals surface area contributed by atoms with Crippen molar-refractivity contribution in [1.82, 2.24) is 4.90 Å². The van der Waals surface area contributed by atoms with E-state index in [1.54, 1.807) is 23.9 Å². The van der Waals surface area contributed by atoms with Crippen LogP contribution in [0.5, 0.6) is 0 Å². The van der Waals surface area contributed by atoms with Crippen LogP contribution >= 0.6 is 0 Å². The summed E-state index contributed by atoms with van der Waals surface area (Å²) < 4.78 is 0. The average molecular weight is 274 g/mol. The van der Waals surface area contributed by atoms with Crippen LogP contribution in [0.1, 0.15) is 31.7 Å². The molecule has 0 saturated carbocycles. The minimum atomic E-state index is -0.222. The molecule has 1 unspecified atom stereocenters. The summed E-state index contributed by atoms with van der Waals surface area (Å²) in [6, 6.07) is 8.02. The van der Waals surface area contributed by atoms with E-state index in [-0.39, 0.29) is 17.7 Å². The first-order chi connectivity index (χ1) is 9.40. The minimum Gasteiger partial charge on any atom is -0.349 e. The molecule has 2 amide bonds. The molecule has 4 nitrogen and oxygen atoms in total. The Bertz CT molecular complexity index is 523. The van der Waals surface area contributed by atoms with Crippen molar-refractivity contribution in [3.63, 3.8) is 0 Å². The fraction of sp³-hybridized carbons (Fsp3) is 0.500. The molecule has 1 aromatic carbocycles. The Morgan fingerprint density at radius 1 is 1.35 bits per heavy atom. The summed E-state index contributed by atoms with van der Waals surface area (Å²) in [6.45, 7) is 4.74. The standard InChI is InChI=1S/C16H22N2O2/c1-11(2)12-6-5-7-14(8-12)18-10-13(9-15(18)19)16(20)17(3)4/h5-8,11,13H,9-10H2,1-4H3. The quantitative estimate of drug-likeness (QED) is 0.848. The summed E-state index contributed by atoms with van der Waals surface area (Å²) in [5.74, 6) is 0.263. The van der Waals surface area contributed by atoms with Crippen molar-refractivity contribution in [2.45, 2.75) is 26.2 Å². The Morgan fingerprint density at radius 3 is 2.65 bits per heavy atom. The number of carbonyl (C=O) groups excluding carboxylic acids is 2. The molecule has 1 atom stereocenters. The largest absolute Gasteiger partial charge is 0.349 e. The predicted molar refractivity (Wildman–Crippen MR) is 79.7 cm³/mol. The summed E-state index contributed by atoms with van der Waals surface area (Å²) in [5, 5.41) is 0. The zero-order chi connectivity index (χ0) is 14.9. The van der Waals surface area contributed by atoms with Crippen molar-refractivity contribution in [2.75, 3.05) is 25.5 Å². The molecule has 1 fully saturated rings. The predicted octanol–water partition coefficient (Wildman–Crippen LogP) is 2.25. The van der Waals surface area contributed by atoms with E-state index in [4.69, 9.17) is 0 Å². The van der Waals surface area contributed by atoms with Gasteiger partial charge >= 0.3 is 0 Å². The number of anilines is 1. The molecule has 0 aromatic heterocycles. The number of hydrogen-bond acceptors (Lipinski definition) is 2. The lowest BCUT2D eigenvalue weighted by molar-refractivity contribution is -0.133. The summed E-state index contributed by atoms with van der Waals surface area (Å²) >= 11 is 0. The number of rotatable bonds is 3. The summed E-state index contributed by atoms with van der Waals surface area (Å²) in [6.07, 6.45) is 0.308. The number of carbonyl (C=O) groups is 2. The highest BCUT2D eigenvalue weighted by atomic mass is 16.2. The van der Waals surface area contributed by atoms with Gasteiger partial charge in [0, 0.05) is 32.7 Å². The molecule has 1 heterocycles. The van der Waals surface area contributed by atoms with Gasteiger partial charge in [0.05, 0.1) is 5.92 Å². The van der Waals surface area contributed by atoms with Gasteiger partial charge in [-0.15, -0.1) is 0 Å². The fourth-order valence-corrected chi connectivity index (χ4v) is 2.54. The zero-order valence-electron chi connectivity index (χ0n) is 12.6. The average Bonchev–Trinajstić information content (AvgIpc) is 2.80. The molecular formula is C16H22N2O2. The molecule has 4 heteroatoms. The maximum absolute atomic E-state index is 12.1. The highest BCUT2D eigenvalue weighted by Gasteiger charge is 2.35. The van der Waals surface area contributed by atoms with Gasteiger partial charge in [-0.1, -0.05) is 26.0 Å². The van der Waals surface area contributed by atoms with Crippen molar-refractivity contribution >= 4 is 17.5 Å². The molecule has 1 saturated heterocycles. The molecule has 0 spiro atoms. The number of benzene rings is 1. The van der Waals surface area contributed by atoms with Crippen LogP contribution < -0.4 is 4.90 Å². The van der Waals surface area contributed by atoms with E-state index in [0.29, 0.717) is 18.9 Å². The van der Waals surface area contributed by atoms with E-state index in [9.17, 15) is 9.59 Å². The second-order valence-corrected chi connectivity index (χ2v) is 5.89. The fourth-order valence-electron chi connectivity index (χ4n) is 2.54. The zero-order valence-corrected chi connectivity index (χ0v) is 12.6. The smallest absolute Gasteiger partial charge is 0.227 e. The van der Waals surface area contributed by atoms with E-state index < -0.39 is 0 Å². The lowest BCUT2D eigenvalue weighted by Gasteiger charge is -2.19. The first-order valence-corrected chi connectivity index (χ1v) is 7.01. The van der Waals surface area contributed by atoms with Crippen molar-refractivity contribution in [2.24, 2.45) is 5.92 Å². The second kappa shape index (κ2) is 5.65. The third kappa shape index (κ3) is 2.84.